The molecule has 0 heterocycles. The van der Waals surface area contributed by atoms with Crippen molar-refractivity contribution in [3.8, 4) is 0 Å². The van der Waals surface area contributed by atoms with Crippen molar-refractivity contribution in [3.63, 3.8) is 0 Å². The molecular formula is HAlCeOZr. The van der Waals surface area contributed by atoms with Crippen molar-refractivity contribution in [2.75, 3.05) is 0 Å². The maximum Gasteiger partial charge on any atom is 0 e. The molecule has 0 aliphatic heterocycles. The van der Waals surface area contributed by atoms with E-state index in [0.29, 0.717) is 16.2 Å². The van der Waals surface area contributed by atoms with Crippen molar-refractivity contribution in [3.05, 3.63) is 0 Å². The zero-order valence-corrected chi connectivity index (χ0v) is 9.13. The van der Waals surface area contributed by atoms with Crippen LogP contribution < -0.4 is 0 Å². The van der Waals surface area contributed by atoms with Gasteiger partial charge in [0.15, 0.2) is 0 Å². The van der Waals surface area contributed by atoms with E-state index in [9.17, 15) is 0 Å². The van der Waals surface area contributed by atoms with Crippen LogP contribution in [0.25, 0.3) is 0 Å². The molecule has 0 aromatic heterocycles. The molecule has 0 aliphatic rings. The van der Waals surface area contributed by atoms with Gasteiger partial charge >= 0.3 is 20.0 Å². The Labute approximate surface area is 86.0 Å². The van der Waals surface area contributed by atoms with Gasteiger partial charge in [0.1, 0.15) is 0 Å². The SMILES string of the molecule is [Ce].[O]=[AlH].[Zr]. The molecule has 0 aliphatic carbocycles. The molecule has 0 saturated carbocycles. The molecule has 0 rings (SSSR count). The molecule has 4 heavy (non-hydrogen) atoms. The third-order valence-electron chi connectivity index (χ3n) is 0. The van der Waals surface area contributed by atoms with E-state index < -0.39 is 0 Å². The Morgan fingerprint density at radius 2 is 1.25 bits per heavy atom. The summed E-state index contributed by atoms with van der Waals surface area (Å²) in [5.74, 6) is 0. The second-order valence-corrected chi connectivity index (χ2v) is 0. The third-order valence-corrected chi connectivity index (χ3v) is 0. The summed E-state index contributed by atoms with van der Waals surface area (Å²) in [6.45, 7) is 0. The van der Waals surface area contributed by atoms with Crippen LogP contribution in [-0.4, -0.2) is 16.2 Å². The summed E-state index contributed by atoms with van der Waals surface area (Å²) >= 11 is 0.611. The summed E-state index contributed by atoms with van der Waals surface area (Å²) in [4.78, 5) is 0. The average molecular weight is 275 g/mol. The average Bonchev–Trinajstić information content (AvgIpc) is 1.00. The van der Waals surface area contributed by atoms with E-state index in [1.807, 2.05) is 0 Å². The third kappa shape index (κ3) is 8.82. The van der Waals surface area contributed by atoms with Crippen molar-refractivity contribution in [2.24, 2.45) is 0 Å². The largest absolute Gasteiger partial charge is 0 e. The Balaban J connectivity index is -0.00000000500. The monoisotopic (exact) mass is 274 g/mol. The van der Waals surface area contributed by atoms with E-state index in [-0.39, 0.29) is 68.0 Å². The first-order chi connectivity index (χ1) is 1.00. The van der Waals surface area contributed by atoms with Crippen LogP contribution in [-0.2, 0) is 30.0 Å². The van der Waals surface area contributed by atoms with E-state index in [2.05, 4.69) is 0 Å². The van der Waals surface area contributed by atoms with Crippen molar-refractivity contribution >= 4 is 16.2 Å². The first kappa shape index (κ1) is 16.0. The van der Waals surface area contributed by atoms with E-state index >= 15 is 0 Å². The normalized spacial score (nSPS) is 0.750. The maximum absolute atomic E-state index is 8.28. The molecule has 0 bridgehead atoms. The second-order valence-electron chi connectivity index (χ2n) is 0. The summed E-state index contributed by atoms with van der Waals surface area (Å²) in [5, 5.41) is 0. The Bertz CT molecular complexity index is 8.00. The van der Waals surface area contributed by atoms with Crippen molar-refractivity contribution in [1.29, 1.82) is 0 Å². The second kappa shape index (κ2) is 17.6. The van der Waals surface area contributed by atoms with E-state index in [0.717, 1.165) is 0 Å². The molecule has 0 aromatic rings. The van der Waals surface area contributed by atoms with Gasteiger partial charge in [-0.1, -0.05) is 0 Å². The zero-order valence-electron chi connectivity index (χ0n) is 2.12. The molecule has 0 atom stereocenters. The van der Waals surface area contributed by atoms with Crippen LogP contribution in [0.15, 0.2) is 0 Å². The van der Waals surface area contributed by atoms with Crippen molar-refractivity contribution < 1.29 is 71.8 Å². The Morgan fingerprint density at radius 1 is 1.25 bits per heavy atom. The number of hydrogen-bond donors (Lipinski definition) is 0. The van der Waals surface area contributed by atoms with Crippen LogP contribution in [0.1, 0.15) is 0 Å². The molecule has 0 saturated heterocycles. The molecule has 0 N–H and O–H groups in total. The van der Waals surface area contributed by atoms with Gasteiger partial charge in [0, 0.05) is 68.0 Å². The van der Waals surface area contributed by atoms with Crippen LogP contribution in [0.3, 0.4) is 0 Å². The van der Waals surface area contributed by atoms with E-state index in [1.54, 1.807) is 0 Å². The van der Waals surface area contributed by atoms with Gasteiger partial charge in [-0.2, -0.15) is 0 Å². The first-order valence-electron chi connectivity index (χ1n) is 0.289. The molecule has 4 heteroatoms. The fraction of sp³-hybridized carbons (Fsp3) is 0. The summed E-state index contributed by atoms with van der Waals surface area (Å²) < 4.78 is 8.28. The van der Waals surface area contributed by atoms with Gasteiger partial charge in [-0.05, 0) is 0 Å². The Morgan fingerprint density at radius 3 is 1.25 bits per heavy atom. The van der Waals surface area contributed by atoms with Gasteiger partial charge in [-0.15, -0.1) is 0 Å². The number of hydrogen-bond acceptors (Lipinski definition) is 1. The van der Waals surface area contributed by atoms with Crippen LogP contribution in [0.5, 0.6) is 0 Å². The summed E-state index contributed by atoms with van der Waals surface area (Å²) in [7, 11) is 0. The molecule has 0 amide bonds. The van der Waals surface area contributed by atoms with Crippen molar-refractivity contribution in [2.45, 2.75) is 0 Å². The first-order valence-corrected chi connectivity index (χ1v) is 0.866. The predicted molar refractivity (Wildman–Crippen MR) is 7.84 cm³/mol. The minimum atomic E-state index is 0. The molecule has 0 spiro atoms. The molecule has 1 nitrogen and oxygen atoms in total. The molecule has 0 aromatic carbocycles. The van der Waals surface area contributed by atoms with Gasteiger partial charge in [0.2, 0.25) is 0 Å². The summed E-state index contributed by atoms with van der Waals surface area (Å²) in [6, 6.07) is 0. The fourth-order valence-electron chi connectivity index (χ4n) is 0. The maximum atomic E-state index is 8.28. The van der Waals surface area contributed by atoms with Gasteiger partial charge < -0.3 is 0 Å². The Hall–Kier alpha value is 2.59. The van der Waals surface area contributed by atoms with Crippen molar-refractivity contribution in [1.82, 2.24) is 0 Å². The van der Waals surface area contributed by atoms with E-state index in [1.165, 1.54) is 0 Å². The Kier molecular flexibility index (Phi) is 70.1. The minimum absolute atomic E-state index is 0. The zero-order chi connectivity index (χ0) is 2.00. The standard InChI is InChI=1S/Al.Ce.O.Zr.H. The molecule has 0 unspecified atom stereocenters. The topological polar surface area (TPSA) is 17.1 Å². The van der Waals surface area contributed by atoms with E-state index in [4.69, 9.17) is 3.80 Å². The van der Waals surface area contributed by atoms with Crippen LogP contribution in [0.2, 0.25) is 0 Å². The van der Waals surface area contributed by atoms with Gasteiger partial charge in [-0.3, -0.25) is 0 Å². The van der Waals surface area contributed by atoms with Gasteiger partial charge in [0.05, 0.1) is 0 Å². The number of rotatable bonds is 0. The van der Waals surface area contributed by atoms with Crippen LogP contribution in [0, 0.1) is 41.7 Å². The van der Waals surface area contributed by atoms with Gasteiger partial charge in [-0.25, -0.2) is 0 Å². The summed E-state index contributed by atoms with van der Waals surface area (Å²) in [6.07, 6.45) is 0. The smallest absolute Gasteiger partial charge is 0 e. The molecular weight excluding hydrogens is 274 g/mol. The molecule has 0 radical (unpaired) electrons. The summed E-state index contributed by atoms with van der Waals surface area (Å²) in [5.41, 5.74) is 0. The molecule has 18 valence electrons. The van der Waals surface area contributed by atoms with Crippen LogP contribution in [0.4, 0.5) is 0 Å². The quantitative estimate of drug-likeness (QED) is 0.531. The van der Waals surface area contributed by atoms with Gasteiger partial charge in [0.25, 0.3) is 0 Å². The fourth-order valence-corrected chi connectivity index (χ4v) is 0. The minimum Gasteiger partial charge on any atom is 0 e. The molecule has 0 fully saturated rings. The van der Waals surface area contributed by atoms with Crippen LogP contribution >= 0.6 is 0 Å². The predicted octanol–water partition coefficient (Wildman–Crippen LogP) is -0.770.